The lowest BCUT2D eigenvalue weighted by Gasteiger charge is -2.42. The number of nitrogens with zero attached hydrogens (tertiary/aromatic N) is 5. The molecule has 0 bridgehead atoms. The lowest BCUT2D eigenvalue weighted by molar-refractivity contribution is -0.138. The Bertz CT molecular complexity index is 1410. The van der Waals surface area contributed by atoms with Crippen LogP contribution in [0.25, 0.3) is 0 Å². The quantitative estimate of drug-likeness (QED) is 0.317. The highest BCUT2D eigenvalue weighted by Gasteiger charge is 2.50. The summed E-state index contributed by atoms with van der Waals surface area (Å²) in [6, 6.07) is 4.69. The van der Waals surface area contributed by atoms with E-state index in [4.69, 9.17) is 4.99 Å². The molecule has 3 aliphatic heterocycles. The second kappa shape index (κ2) is 13.4. The van der Waals surface area contributed by atoms with E-state index in [0.717, 1.165) is 50.8 Å². The van der Waals surface area contributed by atoms with E-state index in [9.17, 15) is 27.9 Å². The Balaban J connectivity index is 1.16. The molecule has 3 unspecified atom stereocenters. The second-order valence-electron chi connectivity index (χ2n) is 13.5. The van der Waals surface area contributed by atoms with E-state index in [-0.39, 0.29) is 35.5 Å². The molecule has 0 spiro atoms. The van der Waals surface area contributed by atoms with Crippen molar-refractivity contribution in [3.8, 4) is 0 Å². The predicted molar refractivity (Wildman–Crippen MR) is 172 cm³/mol. The second-order valence-corrected chi connectivity index (χ2v) is 13.5. The number of likely N-dealkylation sites (tertiary alicyclic amines) is 2. The zero-order valence-corrected chi connectivity index (χ0v) is 26.9. The van der Waals surface area contributed by atoms with Gasteiger partial charge in [0.15, 0.2) is 0 Å². The van der Waals surface area contributed by atoms with E-state index in [0.29, 0.717) is 44.0 Å². The largest absolute Gasteiger partial charge is 0.416 e. The molecule has 3 heterocycles. The molecular formula is C34H45F3N6O3. The molecule has 4 aliphatic rings. The first-order valence-corrected chi connectivity index (χ1v) is 16.3. The van der Waals surface area contributed by atoms with Gasteiger partial charge in [-0.25, -0.2) is 4.99 Å². The summed E-state index contributed by atoms with van der Waals surface area (Å²) in [5.41, 5.74) is -2.62. The lowest BCUT2D eigenvalue weighted by Crippen LogP contribution is -2.57. The van der Waals surface area contributed by atoms with Crippen LogP contribution in [-0.2, 0) is 11.0 Å². The highest BCUT2D eigenvalue weighted by molar-refractivity contribution is 6.04. The van der Waals surface area contributed by atoms with Gasteiger partial charge in [0.1, 0.15) is 17.0 Å². The van der Waals surface area contributed by atoms with Crippen LogP contribution in [0.5, 0.6) is 0 Å². The number of aliphatic hydroxyl groups is 1. The highest BCUT2D eigenvalue weighted by Crippen LogP contribution is 2.40. The molecule has 1 aromatic carbocycles. The molecule has 5 rings (SSSR count). The number of amidine groups is 1. The van der Waals surface area contributed by atoms with Gasteiger partial charge in [-0.1, -0.05) is 19.1 Å². The van der Waals surface area contributed by atoms with Gasteiger partial charge < -0.3 is 15.3 Å². The molecule has 2 N–H and O–H groups in total. The van der Waals surface area contributed by atoms with Crippen molar-refractivity contribution in [2.45, 2.75) is 101 Å². The maximum atomic E-state index is 13.7. The third-order valence-corrected chi connectivity index (χ3v) is 9.96. The van der Waals surface area contributed by atoms with Gasteiger partial charge in [0.25, 0.3) is 5.91 Å². The SMILES string of the molecule is C=NC(=NCCC)C1C=CC(C2(O)CCC(N3CCC4C3CCN4C(=O)C(C)(C)NC(=O)c3cccc(C(F)(F)F)c3)CC2)=NC1. The molecule has 9 nitrogen and oxygen atoms in total. The highest BCUT2D eigenvalue weighted by atomic mass is 19.4. The standard InChI is InChI=1S/C34H45F3N6O3/c1-5-17-39-29(38-4)23-9-10-28(40-21-23)33(46)15-11-25(12-16-33)42-18-13-27-26(42)14-19-43(27)31(45)32(2,3)41-30(44)22-7-6-8-24(20-22)34(35,36)37/h6-10,20,23,25-27,46H,4-5,11-19,21H2,1-3H3,(H,41,44). The Morgan fingerprint density at radius 3 is 2.48 bits per heavy atom. The van der Waals surface area contributed by atoms with Gasteiger partial charge in [-0.3, -0.25) is 24.5 Å². The number of dihydropyridines is 1. The van der Waals surface area contributed by atoms with Crippen LogP contribution in [0.4, 0.5) is 13.2 Å². The Kier molecular flexibility index (Phi) is 9.89. The van der Waals surface area contributed by atoms with E-state index >= 15 is 0 Å². The summed E-state index contributed by atoms with van der Waals surface area (Å²) in [6.07, 6.45) is 4.77. The number of amides is 2. The first kappa shape index (κ1) is 34.0. The fourth-order valence-corrected chi connectivity index (χ4v) is 7.50. The van der Waals surface area contributed by atoms with Crippen LogP contribution in [0.3, 0.4) is 0 Å². The predicted octanol–water partition coefficient (Wildman–Crippen LogP) is 4.70. The van der Waals surface area contributed by atoms with Crippen molar-refractivity contribution in [2.75, 3.05) is 26.2 Å². The molecule has 2 saturated heterocycles. The zero-order chi connectivity index (χ0) is 33.3. The number of carbonyl (C=O) groups excluding carboxylic acids is 2. The van der Waals surface area contributed by atoms with E-state index in [2.05, 4.69) is 33.8 Å². The van der Waals surface area contributed by atoms with Gasteiger partial charge >= 0.3 is 6.18 Å². The number of rotatable bonds is 8. The molecular weight excluding hydrogens is 597 g/mol. The molecule has 46 heavy (non-hydrogen) atoms. The molecule has 1 saturated carbocycles. The summed E-state index contributed by atoms with van der Waals surface area (Å²) in [6.45, 7) is 11.5. The molecule has 0 aromatic heterocycles. The monoisotopic (exact) mass is 642 g/mol. The van der Waals surface area contributed by atoms with Crippen LogP contribution in [0.1, 0.15) is 81.6 Å². The number of hydrogen-bond acceptors (Lipinski definition) is 6. The molecule has 3 fully saturated rings. The van der Waals surface area contributed by atoms with Gasteiger partial charge in [0, 0.05) is 43.3 Å². The van der Waals surface area contributed by atoms with Gasteiger partial charge in [-0.05, 0) is 89.8 Å². The van der Waals surface area contributed by atoms with Crippen LogP contribution in [-0.4, -0.2) is 100 Å². The molecule has 3 atom stereocenters. The van der Waals surface area contributed by atoms with Crippen molar-refractivity contribution >= 4 is 30.1 Å². The van der Waals surface area contributed by atoms with Crippen molar-refractivity contribution < 1.29 is 27.9 Å². The summed E-state index contributed by atoms with van der Waals surface area (Å²) in [5, 5.41) is 14.2. The lowest BCUT2D eigenvalue weighted by atomic mass is 9.77. The molecule has 12 heteroatoms. The summed E-state index contributed by atoms with van der Waals surface area (Å²) in [7, 11) is 0. The Hall–Kier alpha value is -3.38. The van der Waals surface area contributed by atoms with Crippen molar-refractivity contribution in [1.29, 1.82) is 0 Å². The van der Waals surface area contributed by atoms with E-state index in [1.807, 2.05) is 17.1 Å². The summed E-state index contributed by atoms with van der Waals surface area (Å²) in [5.74, 6) is -0.305. The number of alkyl halides is 3. The van der Waals surface area contributed by atoms with Gasteiger partial charge in [0.2, 0.25) is 5.91 Å². The van der Waals surface area contributed by atoms with E-state index in [1.165, 1.54) is 12.1 Å². The Labute approximate surface area is 268 Å². The number of carbonyl (C=O) groups is 2. The average Bonchev–Trinajstić information content (AvgIpc) is 3.64. The Morgan fingerprint density at radius 1 is 1.13 bits per heavy atom. The van der Waals surface area contributed by atoms with Crippen molar-refractivity contribution in [3.05, 3.63) is 47.5 Å². The average molecular weight is 643 g/mol. The minimum atomic E-state index is -4.57. The molecule has 250 valence electrons. The number of halogens is 3. The first-order valence-electron chi connectivity index (χ1n) is 16.3. The number of benzene rings is 1. The topological polar surface area (TPSA) is 110 Å². The zero-order valence-electron chi connectivity index (χ0n) is 26.9. The molecule has 1 aliphatic carbocycles. The van der Waals surface area contributed by atoms with Crippen LogP contribution >= 0.6 is 0 Å². The normalized spacial score (nSPS) is 29.0. The Morgan fingerprint density at radius 2 is 1.85 bits per heavy atom. The van der Waals surface area contributed by atoms with Gasteiger partial charge in [0.05, 0.1) is 23.7 Å². The van der Waals surface area contributed by atoms with Gasteiger partial charge in [-0.15, -0.1) is 0 Å². The number of fused-ring (bicyclic) bond motifs is 1. The van der Waals surface area contributed by atoms with E-state index < -0.39 is 28.8 Å². The summed E-state index contributed by atoms with van der Waals surface area (Å²) in [4.78, 5) is 44.3. The third-order valence-electron chi connectivity index (χ3n) is 9.96. The van der Waals surface area contributed by atoms with Crippen LogP contribution < -0.4 is 5.32 Å². The number of nitrogens with one attached hydrogen (secondary N) is 1. The first-order chi connectivity index (χ1) is 21.8. The van der Waals surface area contributed by atoms with Crippen LogP contribution in [0, 0.1) is 5.92 Å². The molecule has 0 radical (unpaired) electrons. The van der Waals surface area contributed by atoms with Crippen molar-refractivity contribution in [3.63, 3.8) is 0 Å². The number of aliphatic imine (C=N–C) groups is 3. The molecule has 2 amide bonds. The van der Waals surface area contributed by atoms with Crippen LogP contribution in [0.2, 0.25) is 0 Å². The fourth-order valence-electron chi connectivity index (χ4n) is 7.50. The molecule has 1 aromatic rings. The maximum absolute atomic E-state index is 13.7. The van der Waals surface area contributed by atoms with Crippen LogP contribution in [0.15, 0.2) is 51.4 Å². The van der Waals surface area contributed by atoms with Crippen molar-refractivity contribution in [2.24, 2.45) is 20.9 Å². The number of hydrogen-bond donors (Lipinski definition) is 2. The minimum Gasteiger partial charge on any atom is -0.384 e. The summed E-state index contributed by atoms with van der Waals surface area (Å²) >= 11 is 0. The maximum Gasteiger partial charge on any atom is 0.416 e. The van der Waals surface area contributed by atoms with Crippen molar-refractivity contribution in [1.82, 2.24) is 15.1 Å². The van der Waals surface area contributed by atoms with E-state index in [1.54, 1.807) is 13.8 Å². The smallest absolute Gasteiger partial charge is 0.384 e. The van der Waals surface area contributed by atoms with Gasteiger partial charge in [-0.2, -0.15) is 13.2 Å². The third kappa shape index (κ3) is 6.97. The summed E-state index contributed by atoms with van der Waals surface area (Å²) < 4.78 is 39.5. The fraction of sp³-hybridized carbons (Fsp3) is 0.618. The minimum absolute atomic E-state index is 0.00247.